The van der Waals surface area contributed by atoms with Crippen molar-refractivity contribution in [2.75, 3.05) is 18.4 Å². The molecule has 108 valence electrons. The zero-order valence-corrected chi connectivity index (χ0v) is 12.3. The highest BCUT2D eigenvalue weighted by Crippen LogP contribution is 2.42. The van der Waals surface area contributed by atoms with E-state index in [1.165, 1.54) is 11.3 Å². The summed E-state index contributed by atoms with van der Waals surface area (Å²) in [6.45, 7) is 7.42. The van der Waals surface area contributed by atoms with Gasteiger partial charge in [-0.1, -0.05) is 18.2 Å². The summed E-state index contributed by atoms with van der Waals surface area (Å²) in [6.07, 6.45) is 0.798. The third kappa shape index (κ3) is 2.29. The van der Waals surface area contributed by atoms with Gasteiger partial charge in [0.25, 0.3) is 0 Å². The van der Waals surface area contributed by atoms with E-state index in [0.29, 0.717) is 0 Å². The Hall–Kier alpha value is -1.55. The Morgan fingerprint density at radius 2 is 2.05 bits per heavy atom. The van der Waals surface area contributed by atoms with Crippen molar-refractivity contribution in [1.82, 2.24) is 5.32 Å². The normalized spacial score (nSPS) is 28.2. The van der Waals surface area contributed by atoms with Gasteiger partial charge in [-0.3, -0.25) is 4.79 Å². The third-order valence-electron chi connectivity index (χ3n) is 4.09. The number of nitrogens with one attached hydrogen (secondary N) is 2. The predicted molar refractivity (Wildman–Crippen MR) is 78.9 cm³/mol. The molecule has 0 bridgehead atoms. The quantitative estimate of drug-likeness (QED) is 0.770. The van der Waals surface area contributed by atoms with Crippen LogP contribution in [0.5, 0.6) is 0 Å². The van der Waals surface area contributed by atoms with Crippen LogP contribution >= 0.6 is 0 Å². The summed E-state index contributed by atoms with van der Waals surface area (Å²) in [5.41, 5.74) is 2.11. The molecule has 0 aliphatic carbocycles. The van der Waals surface area contributed by atoms with Crippen LogP contribution in [0, 0.1) is 0 Å². The highest BCUT2D eigenvalue weighted by Gasteiger charge is 2.47. The fourth-order valence-corrected chi connectivity index (χ4v) is 3.19. The van der Waals surface area contributed by atoms with Crippen LogP contribution < -0.4 is 10.6 Å². The Bertz CT molecular complexity index is 536. The number of esters is 1. The molecule has 0 radical (unpaired) electrons. The van der Waals surface area contributed by atoms with Crippen molar-refractivity contribution >= 4 is 11.7 Å². The van der Waals surface area contributed by atoms with Crippen LogP contribution in [0.25, 0.3) is 0 Å². The molecule has 2 atom stereocenters. The van der Waals surface area contributed by atoms with Crippen molar-refractivity contribution in [2.45, 2.75) is 44.2 Å². The van der Waals surface area contributed by atoms with Gasteiger partial charge in [0.15, 0.2) is 0 Å². The van der Waals surface area contributed by atoms with E-state index < -0.39 is 5.60 Å². The fraction of sp³-hybridized carbons (Fsp3) is 0.562. The van der Waals surface area contributed by atoms with Gasteiger partial charge in [0.1, 0.15) is 11.6 Å². The molecule has 1 fully saturated rings. The van der Waals surface area contributed by atoms with Crippen molar-refractivity contribution in [3.63, 3.8) is 0 Å². The summed E-state index contributed by atoms with van der Waals surface area (Å²) in [5, 5.41) is 6.79. The molecule has 0 amide bonds. The molecule has 1 aromatic carbocycles. The lowest BCUT2D eigenvalue weighted by Gasteiger charge is -2.24. The summed E-state index contributed by atoms with van der Waals surface area (Å²) in [4.78, 5) is 12.2. The summed E-state index contributed by atoms with van der Waals surface area (Å²) in [5.74, 6) is -0.140. The molecule has 4 nitrogen and oxygen atoms in total. The van der Waals surface area contributed by atoms with Crippen molar-refractivity contribution in [1.29, 1.82) is 0 Å². The van der Waals surface area contributed by atoms with E-state index in [4.69, 9.17) is 4.74 Å². The van der Waals surface area contributed by atoms with Crippen LogP contribution in [0.1, 0.15) is 32.8 Å². The number of ether oxygens (including phenoxy) is 1. The summed E-state index contributed by atoms with van der Waals surface area (Å²) in [6, 6.07) is 8.16. The standard InChI is InChI=1S/C16H22N2O2/c1-15(2,3)20-14(19)13-8-16(10-18-13)9-17-12-7-5-4-6-11(12)16/h4-7,13,17-18H,8-10H2,1-3H3. The minimum atomic E-state index is -0.430. The number of para-hydroxylation sites is 1. The smallest absolute Gasteiger partial charge is 0.323 e. The van der Waals surface area contributed by atoms with Crippen molar-refractivity contribution in [3.05, 3.63) is 29.8 Å². The van der Waals surface area contributed by atoms with Gasteiger partial charge < -0.3 is 15.4 Å². The topological polar surface area (TPSA) is 50.4 Å². The Morgan fingerprint density at radius 1 is 1.30 bits per heavy atom. The molecule has 4 heteroatoms. The molecule has 0 saturated carbocycles. The molecular weight excluding hydrogens is 252 g/mol. The zero-order valence-electron chi connectivity index (χ0n) is 12.3. The highest BCUT2D eigenvalue weighted by molar-refractivity contribution is 5.77. The highest BCUT2D eigenvalue weighted by atomic mass is 16.6. The SMILES string of the molecule is CC(C)(C)OC(=O)C1CC2(CNc3ccccc32)CN1. The molecule has 2 aliphatic heterocycles. The number of carbonyl (C=O) groups excluding carboxylic acids is 1. The molecule has 2 unspecified atom stereocenters. The zero-order chi connectivity index (χ0) is 14.4. The van der Waals surface area contributed by atoms with Gasteiger partial charge in [-0.15, -0.1) is 0 Å². The average Bonchev–Trinajstić information content (AvgIpc) is 2.95. The van der Waals surface area contributed by atoms with Crippen LogP contribution in [0.4, 0.5) is 5.69 Å². The minimum absolute atomic E-state index is 0.0260. The molecule has 1 spiro atoms. The molecule has 2 N–H and O–H groups in total. The van der Waals surface area contributed by atoms with Gasteiger partial charge in [0.05, 0.1) is 0 Å². The second-order valence-electron chi connectivity index (χ2n) is 6.85. The number of hydrogen-bond donors (Lipinski definition) is 2. The maximum Gasteiger partial charge on any atom is 0.323 e. The average molecular weight is 274 g/mol. The third-order valence-corrected chi connectivity index (χ3v) is 4.09. The number of hydrogen-bond acceptors (Lipinski definition) is 4. The molecule has 3 rings (SSSR count). The Labute approximate surface area is 119 Å². The van der Waals surface area contributed by atoms with Gasteiger partial charge in [-0.05, 0) is 38.8 Å². The van der Waals surface area contributed by atoms with Crippen LogP contribution in [0.15, 0.2) is 24.3 Å². The lowest BCUT2D eigenvalue weighted by atomic mass is 9.80. The number of anilines is 1. The summed E-state index contributed by atoms with van der Waals surface area (Å²) < 4.78 is 5.49. The Morgan fingerprint density at radius 3 is 2.80 bits per heavy atom. The second kappa shape index (κ2) is 4.48. The van der Waals surface area contributed by atoms with Gasteiger partial charge in [0, 0.05) is 24.2 Å². The largest absolute Gasteiger partial charge is 0.459 e. The Kier molecular flexibility index (Phi) is 3.01. The first-order chi connectivity index (χ1) is 9.40. The van der Waals surface area contributed by atoms with E-state index in [0.717, 1.165) is 19.5 Å². The van der Waals surface area contributed by atoms with E-state index in [1.807, 2.05) is 26.8 Å². The van der Waals surface area contributed by atoms with E-state index in [1.54, 1.807) is 0 Å². The maximum atomic E-state index is 12.2. The first-order valence-electron chi connectivity index (χ1n) is 7.19. The van der Waals surface area contributed by atoms with Crippen molar-refractivity contribution in [3.8, 4) is 0 Å². The number of rotatable bonds is 1. The Balaban J connectivity index is 1.76. The molecule has 2 aliphatic rings. The molecule has 0 aromatic heterocycles. The van der Waals surface area contributed by atoms with Crippen LogP contribution in [0.3, 0.4) is 0 Å². The van der Waals surface area contributed by atoms with Crippen molar-refractivity contribution < 1.29 is 9.53 Å². The van der Waals surface area contributed by atoms with Crippen LogP contribution in [0.2, 0.25) is 0 Å². The van der Waals surface area contributed by atoms with Gasteiger partial charge in [-0.25, -0.2) is 0 Å². The van der Waals surface area contributed by atoms with Gasteiger partial charge in [0.2, 0.25) is 0 Å². The fourth-order valence-electron chi connectivity index (χ4n) is 3.19. The van der Waals surface area contributed by atoms with E-state index in [9.17, 15) is 4.79 Å². The van der Waals surface area contributed by atoms with E-state index in [2.05, 4.69) is 28.8 Å². The lowest BCUT2D eigenvalue weighted by molar-refractivity contribution is -0.157. The van der Waals surface area contributed by atoms with Gasteiger partial charge >= 0.3 is 5.97 Å². The van der Waals surface area contributed by atoms with Crippen molar-refractivity contribution in [2.24, 2.45) is 0 Å². The summed E-state index contributed by atoms with van der Waals surface area (Å²) in [7, 11) is 0. The molecule has 2 heterocycles. The monoisotopic (exact) mass is 274 g/mol. The molecule has 1 saturated heterocycles. The minimum Gasteiger partial charge on any atom is -0.459 e. The summed E-state index contributed by atoms with van der Waals surface area (Å²) >= 11 is 0. The van der Waals surface area contributed by atoms with Crippen LogP contribution in [-0.4, -0.2) is 30.7 Å². The molecular formula is C16H22N2O2. The van der Waals surface area contributed by atoms with E-state index in [-0.39, 0.29) is 17.4 Å². The number of carbonyl (C=O) groups is 1. The van der Waals surface area contributed by atoms with Crippen LogP contribution in [-0.2, 0) is 14.9 Å². The van der Waals surface area contributed by atoms with E-state index >= 15 is 0 Å². The first-order valence-corrected chi connectivity index (χ1v) is 7.19. The predicted octanol–water partition coefficient (Wildman–Crippen LogP) is 2.05. The lowest BCUT2D eigenvalue weighted by Crippen LogP contribution is -2.37. The first kappa shape index (κ1) is 13.4. The number of fused-ring (bicyclic) bond motifs is 2. The molecule has 1 aromatic rings. The second-order valence-corrected chi connectivity index (χ2v) is 6.85. The molecule has 20 heavy (non-hydrogen) atoms. The maximum absolute atomic E-state index is 12.2. The van der Waals surface area contributed by atoms with Gasteiger partial charge in [-0.2, -0.15) is 0 Å². The number of benzene rings is 1.